The molecule has 5 heteroatoms. The second-order valence-corrected chi connectivity index (χ2v) is 8.21. The van der Waals surface area contributed by atoms with Crippen LogP contribution in [0.15, 0.2) is 77.9 Å². The summed E-state index contributed by atoms with van der Waals surface area (Å²) in [6.45, 7) is 4.05. The van der Waals surface area contributed by atoms with Gasteiger partial charge in [0, 0.05) is 17.5 Å². The molecule has 0 bridgehead atoms. The van der Waals surface area contributed by atoms with Crippen LogP contribution in [0.2, 0.25) is 0 Å². The van der Waals surface area contributed by atoms with Gasteiger partial charge in [-0.1, -0.05) is 49.4 Å². The van der Waals surface area contributed by atoms with E-state index < -0.39 is 6.10 Å². The third-order valence-electron chi connectivity index (χ3n) is 6.02. The Labute approximate surface area is 194 Å². The van der Waals surface area contributed by atoms with Crippen molar-refractivity contribution in [3.8, 4) is 16.9 Å². The molecule has 0 saturated heterocycles. The van der Waals surface area contributed by atoms with Crippen LogP contribution >= 0.6 is 0 Å². The molecule has 1 aliphatic rings. The van der Waals surface area contributed by atoms with Gasteiger partial charge in [-0.25, -0.2) is 4.39 Å². The molecule has 4 nitrogen and oxygen atoms in total. The number of amidine groups is 1. The summed E-state index contributed by atoms with van der Waals surface area (Å²) in [6.07, 6.45) is 4.78. The fourth-order valence-corrected chi connectivity index (χ4v) is 4.24. The maximum Gasteiger partial charge on any atom is 0.133 e. The van der Waals surface area contributed by atoms with Crippen molar-refractivity contribution in [1.29, 1.82) is 0 Å². The molecule has 3 aromatic carbocycles. The molecule has 1 aliphatic carbocycles. The lowest BCUT2D eigenvalue weighted by molar-refractivity contribution is 0.159. The monoisotopic (exact) mass is 444 g/mol. The molecule has 3 aromatic rings. The largest absolute Gasteiger partial charge is 0.496 e. The lowest BCUT2D eigenvalue weighted by Gasteiger charge is -2.19. The van der Waals surface area contributed by atoms with Crippen LogP contribution in [0, 0.1) is 12.7 Å². The molecule has 2 N–H and O–H groups in total. The number of benzene rings is 3. The van der Waals surface area contributed by atoms with E-state index in [1.54, 1.807) is 19.2 Å². The Morgan fingerprint density at radius 1 is 1.15 bits per heavy atom. The number of rotatable bonds is 6. The van der Waals surface area contributed by atoms with Crippen molar-refractivity contribution in [2.75, 3.05) is 7.11 Å². The number of methoxy groups -OCH3 is 1. The molecule has 0 spiro atoms. The standard InChI is InChI=1S/C28H29FN2O2/c1-4-5-14-30-28(31-27-23-9-7-6-8-20(23)16-25(27)32)24-15-21(17-26(33-3)18(24)2)19-10-12-22(29)13-11-19/h5-15,17,25,27,32H,4,16H2,1-3H3,(H,30,31)/b14-5+. The molecule has 0 heterocycles. The van der Waals surface area contributed by atoms with Crippen LogP contribution in [0.5, 0.6) is 5.75 Å². The Bertz CT molecular complexity index is 1190. The predicted octanol–water partition coefficient (Wildman–Crippen LogP) is 5.73. The SMILES string of the molecule is CC/C=C/NC(=NC1c2ccccc2CC1O)c1cc(-c2ccc(F)cc2)cc(OC)c1C. The van der Waals surface area contributed by atoms with Crippen molar-refractivity contribution in [3.63, 3.8) is 0 Å². The summed E-state index contributed by atoms with van der Waals surface area (Å²) in [4.78, 5) is 5.01. The quantitative estimate of drug-likeness (QED) is 0.377. The number of allylic oxidation sites excluding steroid dienone is 1. The van der Waals surface area contributed by atoms with Crippen molar-refractivity contribution in [2.24, 2.45) is 4.99 Å². The van der Waals surface area contributed by atoms with Gasteiger partial charge < -0.3 is 15.2 Å². The van der Waals surface area contributed by atoms with E-state index in [1.807, 2.05) is 55.6 Å². The molecule has 0 fully saturated rings. The zero-order chi connectivity index (χ0) is 23.4. The van der Waals surface area contributed by atoms with Crippen LogP contribution in [0.4, 0.5) is 4.39 Å². The molecule has 2 atom stereocenters. The maximum atomic E-state index is 13.5. The van der Waals surface area contributed by atoms with Gasteiger partial charge in [0.15, 0.2) is 0 Å². The first kappa shape index (κ1) is 22.7. The highest BCUT2D eigenvalue weighted by Gasteiger charge is 2.31. The summed E-state index contributed by atoms with van der Waals surface area (Å²) in [5, 5.41) is 14.1. The van der Waals surface area contributed by atoms with Crippen molar-refractivity contribution in [1.82, 2.24) is 5.32 Å². The number of aliphatic imine (C=N–C) groups is 1. The summed E-state index contributed by atoms with van der Waals surface area (Å²) in [5.74, 6) is 1.09. The van der Waals surface area contributed by atoms with Gasteiger partial charge in [-0.05, 0) is 66.1 Å². The summed E-state index contributed by atoms with van der Waals surface area (Å²) in [5.41, 5.74) is 5.74. The Morgan fingerprint density at radius 2 is 1.91 bits per heavy atom. The Hall–Kier alpha value is -3.44. The van der Waals surface area contributed by atoms with Crippen LogP contribution < -0.4 is 10.1 Å². The van der Waals surface area contributed by atoms with Gasteiger partial charge in [0.05, 0.1) is 13.2 Å². The van der Waals surface area contributed by atoms with Crippen molar-refractivity contribution >= 4 is 5.84 Å². The number of nitrogens with one attached hydrogen (secondary N) is 1. The minimum absolute atomic E-state index is 0.277. The van der Waals surface area contributed by atoms with E-state index in [0.29, 0.717) is 18.0 Å². The number of aliphatic hydroxyl groups is 1. The zero-order valence-electron chi connectivity index (χ0n) is 19.2. The molecule has 170 valence electrons. The molecule has 0 aliphatic heterocycles. The Morgan fingerprint density at radius 3 is 2.64 bits per heavy atom. The van der Waals surface area contributed by atoms with Crippen LogP contribution in [0.25, 0.3) is 11.1 Å². The number of fused-ring (bicyclic) bond motifs is 1. The average molecular weight is 445 g/mol. The summed E-state index contributed by atoms with van der Waals surface area (Å²) in [6, 6.07) is 18.1. The number of aliphatic hydroxyl groups excluding tert-OH is 1. The first-order chi connectivity index (χ1) is 16.0. The van der Waals surface area contributed by atoms with Gasteiger partial charge >= 0.3 is 0 Å². The highest BCUT2D eigenvalue weighted by Crippen LogP contribution is 2.36. The van der Waals surface area contributed by atoms with Gasteiger partial charge in [-0.15, -0.1) is 0 Å². The topological polar surface area (TPSA) is 53.9 Å². The third-order valence-corrected chi connectivity index (χ3v) is 6.02. The van der Waals surface area contributed by atoms with Crippen LogP contribution in [-0.2, 0) is 6.42 Å². The molecule has 0 aromatic heterocycles. The van der Waals surface area contributed by atoms with E-state index in [4.69, 9.17) is 9.73 Å². The van der Waals surface area contributed by atoms with Crippen molar-refractivity contribution < 1.29 is 14.2 Å². The lowest BCUT2D eigenvalue weighted by Crippen LogP contribution is -2.23. The first-order valence-electron chi connectivity index (χ1n) is 11.2. The van der Waals surface area contributed by atoms with E-state index in [-0.39, 0.29) is 11.9 Å². The van der Waals surface area contributed by atoms with Gasteiger partial charge in [-0.2, -0.15) is 0 Å². The molecule has 0 radical (unpaired) electrons. The van der Waals surface area contributed by atoms with Gasteiger partial charge in [0.1, 0.15) is 23.4 Å². The van der Waals surface area contributed by atoms with Crippen molar-refractivity contribution in [3.05, 3.63) is 101 Å². The minimum Gasteiger partial charge on any atom is -0.496 e. The Balaban J connectivity index is 1.85. The van der Waals surface area contributed by atoms with Gasteiger partial charge in [0.25, 0.3) is 0 Å². The molecule has 33 heavy (non-hydrogen) atoms. The summed E-state index contributed by atoms with van der Waals surface area (Å²) < 4.78 is 19.2. The molecule has 0 saturated carbocycles. The van der Waals surface area contributed by atoms with E-state index in [9.17, 15) is 9.50 Å². The molecule has 2 unspecified atom stereocenters. The van der Waals surface area contributed by atoms with E-state index >= 15 is 0 Å². The molecule has 0 amide bonds. The van der Waals surface area contributed by atoms with E-state index in [2.05, 4.69) is 12.2 Å². The van der Waals surface area contributed by atoms with E-state index in [0.717, 1.165) is 39.8 Å². The second kappa shape index (κ2) is 10.0. The number of ether oxygens (including phenoxy) is 1. The first-order valence-corrected chi connectivity index (χ1v) is 11.2. The Kier molecular flexibility index (Phi) is 6.90. The average Bonchev–Trinajstić information content (AvgIpc) is 3.14. The fraction of sp³-hybridized carbons (Fsp3) is 0.250. The van der Waals surface area contributed by atoms with Gasteiger partial charge in [-0.3, -0.25) is 4.99 Å². The normalized spacial score (nSPS) is 17.9. The van der Waals surface area contributed by atoms with Crippen LogP contribution in [-0.4, -0.2) is 24.2 Å². The predicted molar refractivity (Wildman–Crippen MR) is 131 cm³/mol. The second-order valence-electron chi connectivity index (χ2n) is 8.21. The summed E-state index contributed by atoms with van der Waals surface area (Å²) >= 11 is 0. The maximum absolute atomic E-state index is 13.5. The molecular weight excluding hydrogens is 415 g/mol. The summed E-state index contributed by atoms with van der Waals surface area (Å²) in [7, 11) is 1.64. The van der Waals surface area contributed by atoms with Crippen LogP contribution in [0.1, 0.15) is 41.6 Å². The highest BCUT2D eigenvalue weighted by molar-refractivity contribution is 6.02. The van der Waals surface area contributed by atoms with Crippen molar-refractivity contribution in [2.45, 2.75) is 38.8 Å². The number of nitrogens with zero attached hydrogens (tertiary/aromatic N) is 1. The lowest BCUT2D eigenvalue weighted by atomic mass is 9.97. The fourth-order valence-electron chi connectivity index (χ4n) is 4.24. The molecule has 4 rings (SSSR count). The zero-order valence-corrected chi connectivity index (χ0v) is 19.2. The number of halogens is 1. The minimum atomic E-state index is -0.586. The third kappa shape index (κ3) is 4.83. The number of hydrogen-bond acceptors (Lipinski definition) is 3. The van der Waals surface area contributed by atoms with E-state index in [1.165, 1.54) is 12.1 Å². The molecular formula is C28H29FN2O2. The number of hydrogen-bond donors (Lipinski definition) is 2. The smallest absolute Gasteiger partial charge is 0.133 e. The van der Waals surface area contributed by atoms with Crippen LogP contribution in [0.3, 0.4) is 0 Å². The van der Waals surface area contributed by atoms with Gasteiger partial charge in [0.2, 0.25) is 0 Å². The highest BCUT2D eigenvalue weighted by atomic mass is 19.1.